The molecule has 10 heteroatoms. The molecule has 0 radical (unpaired) electrons. The predicted molar refractivity (Wildman–Crippen MR) is 175 cm³/mol. The van der Waals surface area contributed by atoms with Crippen molar-refractivity contribution in [3.8, 4) is 6.07 Å². The lowest BCUT2D eigenvalue weighted by Gasteiger charge is -2.36. The first-order valence-corrected chi connectivity index (χ1v) is 18.7. The number of nitriles is 1. The third-order valence-electron chi connectivity index (χ3n) is 8.12. The number of nitrogens with zero attached hydrogens (tertiary/aromatic N) is 2. The van der Waals surface area contributed by atoms with E-state index in [0.29, 0.717) is 30.4 Å². The van der Waals surface area contributed by atoms with Crippen LogP contribution in [-0.2, 0) is 19.4 Å². The molecule has 0 heterocycles. The lowest BCUT2D eigenvalue weighted by molar-refractivity contribution is -0.925. The number of aliphatic hydroxyl groups is 1. The average molecular weight is 634 g/mol. The van der Waals surface area contributed by atoms with Crippen LogP contribution < -0.4 is 5.32 Å². The quantitative estimate of drug-likeness (QED) is 0.0370. The van der Waals surface area contributed by atoms with Gasteiger partial charge in [0, 0.05) is 6.42 Å². The summed E-state index contributed by atoms with van der Waals surface area (Å²) in [5.41, 5.74) is 0. The fourth-order valence-electron chi connectivity index (χ4n) is 5.34. The van der Waals surface area contributed by atoms with E-state index < -0.39 is 10.4 Å². The first kappa shape index (κ1) is 43.9. The summed E-state index contributed by atoms with van der Waals surface area (Å²) >= 11 is 0. The molecule has 0 aromatic rings. The standard InChI is InChI=1S/C31H61N3O2.C2H6O4S/c1-3-5-6-7-8-9-10-11-12-13-14-15-16-17-18-19-20-21-22-24-31(36)33-26-28-34(4-2,29-30-35)27-23-25-32;1-2-6-7(3,4)5/h35H,3-24,26-30H2,1-2H3;2H2,1H3,(H,3,4,5). The van der Waals surface area contributed by atoms with Crippen molar-refractivity contribution in [1.29, 1.82) is 5.26 Å². The van der Waals surface area contributed by atoms with E-state index in [-0.39, 0.29) is 19.1 Å². The van der Waals surface area contributed by atoms with Crippen LogP contribution in [0.2, 0.25) is 0 Å². The van der Waals surface area contributed by atoms with Gasteiger partial charge in [0.1, 0.15) is 6.54 Å². The lowest BCUT2D eigenvalue weighted by Crippen LogP contribution is -2.53. The number of hydrogen-bond acceptors (Lipinski definition) is 7. The highest BCUT2D eigenvalue weighted by molar-refractivity contribution is 7.80. The molecule has 256 valence electrons. The molecule has 0 spiro atoms. The Labute approximate surface area is 265 Å². The Kier molecular flexibility index (Phi) is 32.8. The van der Waals surface area contributed by atoms with E-state index in [1.54, 1.807) is 0 Å². The Morgan fingerprint density at radius 3 is 1.53 bits per heavy atom. The van der Waals surface area contributed by atoms with E-state index in [1.165, 1.54) is 116 Å². The van der Waals surface area contributed by atoms with Gasteiger partial charge in [-0.3, -0.25) is 8.98 Å². The summed E-state index contributed by atoms with van der Waals surface area (Å²) in [5.74, 6) is 0.139. The van der Waals surface area contributed by atoms with Crippen molar-refractivity contribution in [1.82, 2.24) is 5.32 Å². The summed E-state index contributed by atoms with van der Waals surface area (Å²) in [6.45, 7) is 9.49. The maximum Gasteiger partial charge on any atom is 0.220 e. The number of carbonyl (C=O) groups excluding carboxylic acids is 1. The maximum atomic E-state index is 12.2. The molecular formula is C33H67N3O6S. The summed E-state index contributed by atoms with van der Waals surface area (Å²) in [6.07, 6.45) is 27.0. The highest BCUT2D eigenvalue weighted by atomic mass is 32.3. The van der Waals surface area contributed by atoms with Crippen LogP contribution in [0, 0.1) is 11.3 Å². The number of rotatable bonds is 30. The van der Waals surface area contributed by atoms with Gasteiger partial charge in [0.2, 0.25) is 16.3 Å². The minimum absolute atomic E-state index is 0.0914. The fourth-order valence-corrected chi connectivity index (χ4v) is 5.63. The zero-order chi connectivity index (χ0) is 32.5. The van der Waals surface area contributed by atoms with Gasteiger partial charge >= 0.3 is 0 Å². The molecule has 0 aliphatic heterocycles. The summed E-state index contributed by atoms with van der Waals surface area (Å²) < 4.78 is 32.7. The van der Waals surface area contributed by atoms with Gasteiger partial charge in [0.25, 0.3) is 0 Å². The predicted octanol–water partition coefficient (Wildman–Crippen LogP) is 7.15. The van der Waals surface area contributed by atoms with Crippen molar-refractivity contribution < 1.29 is 31.5 Å². The molecule has 0 fully saturated rings. The van der Waals surface area contributed by atoms with E-state index in [0.717, 1.165) is 32.5 Å². The molecule has 43 heavy (non-hydrogen) atoms. The molecule has 0 aliphatic rings. The van der Waals surface area contributed by atoms with Gasteiger partial charge in [-0.2, -0.15) is 5.26 Å². The minimum atomic E-state index is -4.42. The highest BCUT2D eigenvalue weighted by Gasteiger charge is 2.24. The Bertz CT molecular complexity index is 760. The van der Waals surface area contributed by atoms with E-state index in [9.17, 15) is 22.9 Å². The third-order valence-corrected chi connectivity index (χ3v) is 8.65. The normalized spacial score (nSPS) is 12.7. The summed E-state index contributed by atoms with van der Waals surface area (Å²) in [5, 5.41) is 21.3. The van der Waals surface area contributed by atoms with E-state index in [2.05, 4.69) is 29.4 Å². The van der Waals surface area contributed by atoms with Gasteiger partial charge in [0.15, 0.2) is 0 Å². The molecular weight excluding hydrogens is 566 g/mol. The number of hydrogen-bond donors (Lipinski definition) is 2. The second kappa shape index (κ2) is 32.2. The molecule has 0 aliphatic carbocycles. The van der Waals surface area contributed by atoms with Gasteiger partial charge < -0.3 is 19.5 Å². The van der Waals surface area contributed by atoms with Crippen LogP contribution in [0.5, 0.6) is 0 Å². The SMILES string of the molecule is CCCCCCCCCCCCCCCCCCCCCC(=O)NCC[N+](CC)(CCO)CCC#N.CCOS(=O)(=O)[O-]. The molecule has 2 N–H and O–H groups in total. The molecule has 0 rings (SSSR count). The number of quaternary nitrogens is 1. The number of aliphatic hydroxyl groups excluding tert-OH is 1. The van der Waals surface area contributed by atoms with Crippen LogP contribution in [0.4, 0.5) is 0 Å². The molecule has 9 nitrogen and oxygen atoms in total. The molecule has 1 amide bonds. The molecule has 0 bridgehead atoms. The van der Waals surface area contributed by atoms with Crippen molar-refractivity contribution in [3.05, 3.63) is 0 Å². The van der Waals surface area contributed by atoms with Crippen molar-refractivity contribution in [2.75, 3.05) is 45.9 Å². The zero-order valence-electron chi connectivity index (χ0n) is 28.1. The minimum Gasteiger partial charge on any atom is -0.726 e. The first-order chi connectivity index (χ1) is 20.7. The summed E-state index contributed by atoms with van der Waals surface area (Å²) in [6, 6.07) is 2.21. The van der Waals surface area contributed by atoms with Crippen molar-refractivity contribution in [2.45, 2.75) is 156 Å². The maximum absolute atomic E-state index is 12.2. The third kappa shape index (κ3) is 33.5. The van der Waals surface area contributed by atoms with Crippen LogP contribution in [0.15, 0.2) is 0 Å². The van der Waals surface area contributed by atoms with Crippen molar-refractivity contribution >= 4 is 16.3 Å². The lowest BCUT2D eigenvalue weighted by atomic mass is 10.0. The Morgan fingerprint density at radius 2 is 1.21 bits per heavy atom. The zero-order valence-corrected chi connectivity index (χ0v) is 28.9. The van der Waals surface area contributed by atoms with Gasteiger partial charge in [-0.1, -0.05) is 122 Å². The molecule has 1 unspecified atom stereocenters. The van der Waals surface area contributed by atoms with Crippen LogP contribution in [0.3, 0.4) is 0 Å². The molecule has 0 saturated heterocycles. The van der Waals surface area contributed by atoms with E-state index >= 15 is 0 Å². The van der Waals surface area contributed by atoms with Gasteiger partial charge in [-0.15, -0.1) is 0 Å². The van der Waals surface area contributed by atoms with Crippen LogP contribution in [0.1, 0.15) is 156 Å². The second-order valence-electron chi connectivity index (χ2n) is 11.7. The van der Waals surface area contributed by atoms with Crippen LogP contribution in [-0.4, -0.2) is 74.4 Å². The fraction of sp³-hybridized carbons (Fsp3) is 0.939. The molecule has 0 saturated carbocycles. The molecule has 0 aromatic carbocycles. The summed E-state index contributed by atoms with van der Waals surface area (Å²) in [7, 11) is -4.42. The van der Waals surface area contributed by atoms with E-state index in [1.807, 2.05) is 0 Å². The highest BCUT2D eigenvalue weighted by Crippen LogP contribution is 2.15. The number of carbonyl (C=O) groups is 1. The Morgan fingerprint density at radius 1 is 0.767 bits per heavy atom. The number of unbranched alkanes of at least 4 members (excludes halogenated alkanes) is 18. The molecule has 0 aromatic heterocycles. The first-order valence-electron chi connectivity index (χ1n) is 17.4. The smallest absolute Gasteiger partial charge is 0.220 e. The Hall–Kier alpha value is -1.25. The summed E-state index contributed by atoms with van der Waals surface area (Å²) in [4.78, 5) is 12.2. The van der Waals surface area contributed by atoms with Crippen molar-refractivity contribution in [2.24, 2.45) is 0 Å². The van der Waals surface area contributed by atoms with Crippen LogP contribution in [0.25, 0.3) is 0 Å². The number of amides is 1. The van der Waals surface area contributed by atoms with E-state index in [4.69, 9.17) is 5.26 Å². The average Bonchev–Trinajstić information content (AvgIpc) is 2.97. The van der Waals surface area contributed by atoms with Crippen molar-refractivity contribution in [3.63, 3.8) is 0 Å². The van der Waals surface area contributed by atoms with Crippen LogP contribution >= 0.6 is 0 Å². The number of likely N-dealkylation sites (N-methyl/N-ethyl adjacent to an activating group) is 1. The van der Waals surface area contributed by atoms with Gasteiger partial charge in [-0.05, 0) is 20.3 Å². The largest absolute Gasteiger partial charge is 0.726 e. The second-order valence-corrected chi connectivity index (χ2v) is 12.8. The number of nitrogens with one attached hydrogen (secondary N) is 1. The van der Waals surface area contributed by atoms with Gasteiger partial charge in [0.05, 0.1) is 51.9 Å². The van der Waals surface area contributed by atoms with Gasteiger partial charge in [-0.25, -0.2) is 8.42 Å². The topological polar surface area (TPSA) is 140 Å². The monoisotopic (exact) mass is 633 g/mol. The molecule has 1 atom stereocenters. The Balaban J connectivity index is 0.